The Morgan fingerprint density at radius 3 is 2.79 bits per heavy atom. The summed E-state index contributed by atoms with van der Waals surface area (Å²) in [5, 5.41) is 7.00. The van der Waals surface area contributed by atoms with Gasteiger partial charge in [0.2, 0.25) is 0 Å². The second kappa shape index (κ2) is 6.66. The lowest BCUT2D eigenvalue weighted by Crippen LogP contribution is -2.24. The largest absolute Gasteiger partial charge is 0.497 e. The number of hydrogen-bond donors (Lipinski definition) is 2. The lowest BCUT2D eigenvalue weighted by atomic mass is 10.1. The Hall–Kier alpha value is -1.42. The number of rotatable bonds is 6. The Morgan fingerprint density at radius 2 is 2.16 bits per heavy atom. The summed E-state index contributed by atoms with van der Waals surface area (Å²) in [6, 6.07) is 4.61. The number of anilines is 1. The van der Waals surface area contributed by atoms with E-state index in [0.29, 0.717) is 6.04 Å². The topological polar surface area (TPSA) is 42.5 Å². The standard InChI is InChI=1S/C15H24N2O2/c1-11-9-13(18-2)10-14(19-3)15(11)17-8-6-12-5-4-7-16-12/h9-10,12,16-17H,4-8H2,1-3H3. The van der Waals surface area contributed by atoms with Gasteiger partial charge in [0.15, 0.2) is 0 Å². The summed E-state index contributed by atoms with van der Waals surface area (Å²) in [7, 11) is 3.37. The highest BCUT2D eigenvalue weighted by molar-refractivity contribution is 5.64. The first-order valence-electron chi connectivity index (χ1n) is 6.94. The van der Waals surface area contributed by atoms with Gasteiger partial charge in [-0.05, 0) is 44.4 Å². The van der Waals surface area contributed by atoms with E-state index in [1.165, 1.54) is 12.8 Å². The minimum atomic E-state index is 0.664. The molecule has 0 aliphatic carbocycles. The SMILES string of the molecule is COc1cc(C)c(NCCC2CCCN2)c(OC)c1. The smallest absolute Gasteiger partial charge is 0.145 e. The van der Waals surface area contributed by atoms with Crippen LogP contribution in [0.1, 0.15) is 24.8 Å². The number of benzene rings is 1. The van der Waals surface area contributed by atoms with Gasteiger partial charge < -0.3 is 20.1 Å². The molecule has 0 spiro atoms. The van der Waals surface area contributed by atoms with Crippen LogP contribution in [-0.2, 0) is 0 Å². The van der Waals surface area contributed by atoms with E-state index in [1.807, 2.05) is 12.1 Å². The van der Waals surface area contributed by atoms with E-state index in [-0.39, 0.29) is 0 Å². The molecule has 0 radical (unpaired) electrons. The quantitative estimate of drug-likeness (QED) is 0.828. The molecule has 1 saturated heterocycles. The van der Waals surface area contributed by atoms with Crippen LogP contribution in [0.25, 0.3) is 0 Å². The van der Waals surface area contributed by atoms with Crippen molar-refractivity contribution in [3.8, 4) is 11.5 Å². The maximum absolute atomic E-state index is 5.43. The molecule has 1 aromatic rings. The summed E-state index contributed by atoms with van der Waals surface area (Å²) in [6.45, 7) is 4.19. The molecule has 1 fully saturated rings. The Bertz CT molecular complexity index is 415. The monoisotopic (exact) mass is 264 g/mol. The first kappa shape index (κ1) is 14.0. The predicted octanol–water partition coefficient (Wildman–Crippen LogP) is 2.57. The molecule has 1 atom stereocenters. The average Bonchev–Trinajstić information content (AvgIpc) is 2.93. The molecule has 2 rings (SSSR count). The molecule has 2 N–H and O–H groups in total. The van der Waals surface area contributed by atoms with Gasteiger partial charge in [-0.15, -0.1) is 0 Å². The van der Waals surface area contributed by atoms with Crippen LogP contribution in [-0.4, -0.2) is 33.4 Å². The highest BCUT2D eigenvalue weighted by Gasteiger charge is 2.14. The zero-order valence-corrected chi connectivity index (χ0v) is 12.1. The Kier molecular flexibility index (Phi) is 4.91. The molecular formula is C15H24N2O2. The molecule has 4 nitrogen and oxygen atoms in total. The van der Waals surface area contributed by atoms with Gasteiger partial charge >= 0.3 is 0 Å². The normalized spacial score (nSPS) is 18.4. The van der Waals surface area contributed by atoms with Crippen molar-refractivity contribution >= 4 is 5.69 Å². The second-order valence-corrected chi connectivity index (χ2v) is 5.03. The van der Waals surface area contributed by atoms with Crippen LogP contribution in [0.5, 0.6) is 11.5 Å². The van der Waals surface area contributed by atoms with Gasteiger partial charge in [-0.3, -0.25) is 0 Å². The molecule has 0 bridgehead atoms. The number of aryl methyl sites for hydroxylation is 1. The van der Waals surface area contributed by atoms with Crippen LogP contribution in [0.2, 0.25) is 0 Å². The molecular weight excluding hydrogens is 240 g/mol. The maximum Gasteiger partial charge on any atom is 0.145 e. The molecule has 1 unspecified atom stereocenters. The summed E-state index contributed by atoms with van der Waals surface area (Å²) >= 11 is 0. The van der Waals surface area contributed by atoms with Crippen molar-refractivity contribution in [2.75, 3.05) is 32.6 Å². The van der Waals surface area contributed by atoms with E-state index in [2.05, 4.69) is 17.6 Å². The molecule has 1 aliphatic heterocycles. The van der Waals surface area contributed by atoms with Crippen molar-refractivity contribution < 1.29 is 9.47 Å². The third-order valence-corrected chi connectivity index (χ3v) is 3.69. The number of methoxy groups -OCH3 is 2. The van der Waals surface area contributed by atoms with Gasteiger partial charge in [-0.25, -0.2) is 0 Å². The number of nitrogens with one attached hydrogen (secondary N) is 2. The molecule has 19 heavy (non-hydrogen) atoms. The van der Waals surface area contributed by atoms with Gasteiger partial charge in [-0.2, -0.15) is 0 Å². The number of ether oxygens (including phenoxy) is 2. The highest BCUT2D eigenvalue weighted by Crippen LogP contribution is 2.33. The van der Waals surface area contributed by atoms with Crippen LogP contribution in [0.3, 0.4) is 0 Å². The summed E-state index contributed by atoms with van der Waals surface area (Å²) in [4.78, 5) is 0. The van der Waals surface area contributed by atoms with Gasteiger partial charge in [-0.1, -0.05) is 0 Å². The minimum Gasteiger partial charge on any atom is -0.497 e. The summed E-state index contributed by atoms with van der Waals surface area (Å²) in [5.41, 5.74) is 2.22. The average molecular weight is 264 g/mol. The zero-order valence-electron chi connectivity index (χ0n) is 12.1. The Morgan fingerprint density at radius 1 is 1.32 bits per heavy atom. The summed E-state index contributed by atoms with van der Waals surface area (Å²) < 4.78 is 10.7. The fraction of sp³-hybridized carbons (Fsp3) is 0.600. The van der Waals surface area contributed by atoms with E-state index < -0.39 is 0 Å². The summed E-state index contributed by atoms with van der Waals surface area (Å²) in [6.07, 6.45) is 3.74. The fourth-order valence-electron chi connectivity index (χ4n) is 2.60. The molecule has 0 aromatic heterocycles. The predicted molar refractivity (Wildman–Crippen MR) is 78.4 cm³/mol. The van der Waals surface area contributed by atoms with E-state index in [9.17, 15) is 0 Å². The van der Waals surface area contributed by atoms with Crippen molar-refractivity contribution in [3.05, 3.63) is 17.7 Å². The number of hydrogen-bond acceptors (Lipinski definition) is 4. The van der Waals surface area contributed by atoms with Crippen molar-refractivity contribution in [2.24, 2.45) is 0 Å². The van der Waals surface area contributed by atoms with Crippen LogP contribution in [0, 0.1) is 6.92 Å². The first-order chi connectivity index (χ1) is 9.24. The molecule has 4 heteroatoms. The van der Waals surface area contributed by atoms with Crippen molar-refractivity contribution in [1.29, 1.82) is 0 Å². The molecule has 1 aromatic carbocycles. The van der Waals surface area contributed by atoms with Crippen LogP contribution >= 0.6 is 0 Å². The first-order valence-corrected chi connectivity index (χ1v) is 6.94. The molecule has 106 valence electrons. The van der Waals surface area contributed by atoms with Gasteiger partial charge in [0.1, 0.15) is 11.5 Å². The van der Waals surface area contributed by atoms with E-state index in [4.69, 9.17) is 9.47 Å². The Balaban J connectivity index is 1.98. The van der Waals surface area contributed by atoms with Crippen molar-refractivity contribution in [2.45, 2.75) is 32.2 Å². The fourth-order valence-corrected chi connectivity index (χ4v) is 2.60. The zero-order chi connectivity index (χ0) is 13.7. The lowest BCUT2D eigenvalue weighted by Gasteiger charge is -2.17. The molecule has 0 amide bonds. The van der Waals surface area contributed by atoms with Gasteiger partial charge in [0.05, 0.1) is 19.9 Å². The maximum atomic E-state index is 5.43. The molecule has 0 saturated carbocycles. The van der Waals surface area contributed by atoms with Crippen LogP contribution in [0.15, 0.2) is 12.1 Å². The van der Waals surface area contributed by atoms with E-state index >= 15 is 0 Å². The Labute approximate surface area is 115 Å². The van der Waals surface area contributed by atoms with Gasteiger partial charge in [0.25, 0.3) is 0 Å². The molecule has 1 heterocycles. The molecule has 1 aliphatic rings. The van der Waals surface area contributed by atoms with Crippen LogP contribution < -0.4 is 20.1 Å². The summed E-state index contributed by atoms with van der Waals surface area (Å²) in [5.74, 6) is 1.67. The third-order valence-electron chi connectivity index (χ3n) is 3.69. The lowest BCUT2D eigenvalue weighted by molar-refractivity contribution is 0.395. The van der Waals surface area contributed by atoms with E-state index in [0.717, 1.165) is 42.3 Å². The highest BCUT2D eigenvalue weighted by atomic mass is 16.5. The van der Waals surface area contributed by atoms with Crippen molar-refractivity contribution in [1.82, 2.24) is 5.32 Å². The minimum absolute atomic E-state index is 0.664. The van der Waals surface area contributed by atoms with Crippen LogP contribution in [0.4, 0.5) is 5.69 Å². The van der Waals surface area contributed by atoms with Crippen molar-refractivity contribution in [3.63, 3.8) is 0 Å². The van der Waals surface area contributed by atoms with Gasteiger partial charge in [0, 0.05) is 18.7 Å². The third kappa shape index (κ3) is 3.53. The van der Waals surface area contributed by atoms with E-state index in [1.54, 1.807) is 14.2 Å². The second-order valence-electron chi connectivity index (χ2n) is 5.03.